The highest BCUT2D eigenvalue weighted by molar-refractivity contribution is 6.29. The van der Waals surface area contributed by atoms with Crippen molar-refractivity contribution in [2.45, 2.75) is 6.92 Å². The second-order valence-corrected chi connectivity index (χ2v) is 4.61. The lowest BCUT2D eigenvalue weighted by molar-refractivity contribution is 0.0565. The lowest BCUT2D eigenvalue weighted by atomic mass is 10.3. The van der Waals surface area contributed by atoms with Gasteiger partial charge in [0.1, 0.15) is 0 Å². The number of carbonyl (C=O) groups is 2. The number of hydrogen-bond acceptors (Lipinski definition) is 5. The monoisotopic (exact) mass is 298 g/mol. The molecule has 1 aromatic rings. The van der Waals surface area contributed by atoms with Gasteiger partial charge in [-0.15, -0.1) is 10.2 Å². The Hall–Kier alpha value is -1.89. The molecule has 0 aliphatic carbocycles. The molecule has 2 rings (SSSR count). The van der Waals surface area contributed by atoms with Gasteiger partial charge >= 0.3 is 6.09 Å². The number of rotatable bonds is 2. The lowest BCUT2D eigenvalue weighted by Gasteiger charge is -2.33. The molecule has 1 aliphatic heterocycles. The molecule has 2 amide bonds. The summed E-state index contributed by atoms with van der Waals surface area (Å²) in [6, 6.07) is 3.06. The van der Waals surface area contributed by atoms with E-state index in [0.717, 1.165) is 0 Å². The first-order chi connectivity index (χ1) is 9.61. The second-order valence-electron chi connectivity index (χ2n) is 4.22. The Bertz CT molecular complexity index is 486. The number of nitrogens with zero attached hydrogens (tertiary/aromatic N) is 4. The quantitative estimate of drug-likeness (QED) is 0.815. The number of amides is 2. The van der Waals surface area contributed by atoms with Crippen LogP contribution in [0.15, 0.2) is 12.1 Å². The predicted molar refractivity (Wildman–Crippen MR) is 71.5 cm³/mol. The van der Waals surface area contributed by atoms with Crippen LogP contribution in [0.2, 0.25) is 5.15 Å². The van der Waals surface area contributed by atoms with Crippen molar-refractivity contribution >= 4 is 23.6 Å². The summed E-state index contributed by atoms with van der Waals surface area (Å²) < 4.78 is 4.92. The number of carbonyl (C=O) groups excluding carboxylic acids is 2. The zero-order valence-electron chi connectivity index (χ0n) is 11.1. The van der Waals surface area contributed by atoms with Crippen LogP contribution in [-0.2, 0) is 4.74 Å². The molecule has 2 heterocycles. The van der Waals surface area contributed by atoms with Gasteiger partial charge in [0.25, 0.3) is 5.91 Å². The zero-order valence-corrected chi connectivity index (χ0v) is 11.8. The Morgan fingerprint density at radius 2 is 1.85 bits per heavy atom. The van der Waals surface area contributed by atoms with Crippen molar-refractivity contribution in [1.82, 2.24) is 20.0 Å². The highest BCUT2D eigenvalue weighted by atomic mass is 35.5. The van der Waals surface area contributed by atoms with Crippen molar-refractivity contribution < 1.29 is 14.3 Å². The van der Waals surface area contributed by atoms with Gasteiger partial charge in [-0.25, -0.2) is 4.79 Å². The second kappa shape index (κ2) is 6.51. The molecule has 0 atom stereocenters. The summed E-state index contributed by atoms with van der Waals surface area (Å²) in [7, 11) is 0. The summed E-state index contributed by atoms with van der Waals surface area (Å²) in [6.07, 6.45) is -0.342. The van der Waals surface area contributed by atoms with Crippen LogP contribution in [0.25, 0.3) is 0 Å². The molecular weight excluding hydrogens is 284 g/mol. The molecule has 0 spiro atoms. The minimum absolute atomic E-state index is 0.210. The first-order valence-electron chi connectivity index (χ1n) is 6.32. The Kier molecular flexibility index (Phi) is 4.73. The van der Waals surface area contributed by atoms with E-state index in [1.165, 1.54) is 12.1 Å². The maximum Gasteiger partial charge on any atom is 0.409 e. The minimum atomic E-state index is -0.342. The molecule has 0 unspecified atom stereocenters. The lowest BCUT2D eigenvalue weighted by Crippen LogP contribution is -2.50. The Balaban J connectivity index is 1.92. The van der Waals surface area contributed by atoms with Crippen LogP contribution in [-0.4, -0.2) is 64.8 Å². The largest absolute Gasteiger partial charge is 0.450 e. The SMILES string of the molecule is CCOC(=O)N1CCN(C(=O)c2ccc(Cl)nn2)CC1. The summed E-state index contributed by atoms with van der Waals surface area (Å²) >= 11 is 5.63. The summed E-state index contributed by atoms with van der Waals surface area (Å²) in [6.45, 7) is 3.90. The van der Waals surface area contributed by atoms with Crippen LogP contribution in [0.4, 0.5) is 4.79 Å². The van der Waals surface area contributed by atoms with Crippen molar-refractivity contribution in [3.63, 3.8) is 0 Å². The Labute approximate surface area is 121 Å². The van der Waals surface area contributed by atoms with Gasteiger partial charge in [-0.3, -0.25) is 4.79 Å². The number of ether oxygens (including phenoxy) is 1. The summed E-state index contributed by atoms with van der Waals surface area (Å²) in [5, 5.41) is 7.65. The molecule has 1 aromatic heterocycles. The van der Waals surface area contributed by atoms with Crippen LogP contribution in [0.5, 0.6) is 0 Å². The van der Waals surface area contributed by atoms with Crippen LogP contribution >= 0.6 is 11.6 Å². The molecule has 1 saturated heterocycles. The first-order valence-corrected chi connectivity index (χ1v) is 6.70. The van der Waals surface area contributed by atoms with Gasteiger partial charge in [0.05, 0.1) is 6.61 Å². The van der Waals surface area contributed by atoms with Crippen LogP contribution in [0.3, 0.4) is 0 Å². The molecule has 0 bridgehead atoms. The topological polar surface area (TPSA) is 75.6 Å². The molecule has 20 heavy (non-hydrogen) atoms. The first kappa shape index (κ1) is 14.5. The standard InChI is InChI=1S/C12H15ClN4O3/c1-2-20-12(19)17-7-5-16(6-8-17)11(18)9-3-4-10(13)15-14-9/h3-4H,2,5-8H2,1H3. The van der Waals surface area contributed by atoms with E-state index in [9.17, 15) is 9.59 Å². The average Bonchev–Trinajstić information content (AvgIpc) is 2.48. The smallest absolute Gasteiger partial charge is 0.409 e. The molecule has 1 fully saturated rings. The molecule has 8 heteroatoms. The predicted octanol–water partition coefficient (Wildman–Crippen LogP) is 1.04. The third-order valence-corrected chi connectivity index (χ3v) is 3.15. The number of piperazine rings is 1. The van der Waals surface area contributed by atoms with Crippen molar-refractivity contribution in [3.8, 4) is 0 Å². The average molecular weight is 299 g/mol. The van der Waals surface area contributed by atoms with E-state index in [-0.39, 0.29) is 22.8 Å². The minimum Gasteiger partial charge on any atom is -0.450 e. The molecule has 108 valence electrons. The van der Waals surface area contributed by atoms with Gasteiger partial charge in [-0.05, 0) is 19.1 Å². The zero-order chi connectivity index (χ0) is 14.5. The summed E-state index contributed by atoms with van der Waals surface area (Å²) in [4.78, 5) is 26.9. The van der Waals surface area contributed by atoms with Gasteiger partial charge in [0, 0.05) is 26.2 Å². The van der Waals surface area contributed by atoms with E-state index in [4.69, 9.17) is 16.3 Å². The number of aromatic nitrogens is 2. The Morgan fingerprint density at radius 3 is 2.40 bits per heavy atom. The van der Waals surface area contributed by atoms with Gasteiger partial charge in [0.15, 0.2) is 10.8 Å². The molecule has 1 aliphatic rings. The molecular formula is C12H15ClN4O3. The summed E-state index contributed by atoms with van der Waals surface area (Å²) in [5.41, 5.74) is 0.249. The van der Waals surface area contributed by atoms with E-state index in [2.05, 4.69) is 10.2 Å². The Morgan fingerprint density at radius 1 is 1.20 bits per heavy atom. The maximum absolute atomic E-state index is 12.2. The maximum atomic E-state index is 12.2. The third-order valence-electron chi connectivity index (χ3n) is 2.94. The highest BCUT2D eigenvalue weighted by Crippen LogP contribution is 2.09. The van der Waals surface area contributed by atoms with E-state index in [1.54, 1.807) is 16.7 Å². The van der Waals surface area contributed by atoms with Gasteiger partial charge in [0.2, 0.25) is 0 Å². The normalized spacial score (nSPS) is 15.1. The fourth-order valence-corrected chi connectivity index (χ4v) is 2.00. The van der Waals surface area contributed by atoms with Gasteiger partial charge in [-0.2, -0.15) is 0 Å². The van der Waals surface area contributed by atoms with E-state index in [1.807, 2.05) is 0 Å². The highest BCUT2D eigenvalue weighted by Gasteiger charge is 2.26. The molecule has 7 nitrogen and oxygen atoms in total. The third kappa shape index (κ3) is 3.36. The van der Waals surface area contributed by atoms with Crippen LogP contribution in [0.1, 0.15) is 17.4 Å². The number of halogens is 1. The van der Waals surface area contributed by atoms with Gasteiger partial charge in [-0.1, -0.05) is 11.6 Å². The summed E-state index contributed by atoms with van der Waals surface area (Å²) in [5.74, 6) is -0.210. The van der Waals surface area contributed by atoms with Crippen LogP contribution < -0.4 is 0 Å². The van der Waals surface area contributed by atoms with E-state index >= 15 is 0 Å². The van der Waals surface area contributed by atoms with Crippen molar-refractivity contribution in [2.24, 2.45) is 0 Å². The fraction of sp³-hybridized carbons (Fsp3) is 0.500. The van der Waals surface area contributed by atoms with Gasteiger partial charge < -0.3 is 14.5 Å². The molecule has 0 radical (unpaired) electrons. The van der Waals surface area contributed by atoms with Crippen LogP contribution in [0, 0.1) is 0 Å². The molecule has 0 aromatic carbocycles. The van der Waals surface area contributed by atoms with Crippen molar-refractivity contribution in [1.29, 1.82) is 0 Å². The fourth-order valence-electron chi connectivity index (χ4n) is 1.90. The van der Waals surface area contributed by atoms with Crippen molar-refractivity contribution in [3.05, 3.63) is 23.0 Å². The van der Waals surface area contributed by atoms with E-state index < -0.39 is 0 Å². The molecule has 0 N–H and O–H groups in total. The number of hydrogen-bond donors (Lipinski definition) is 0. The molecule has 0 saturated carbocycles. The van der Waals surface area contributed by atoms with Crippen molar-refractivity contribution in [2.75, 3.05) is 32.8 Å². The van der Waals surface area contributed by atoms with E-state index in [0.29, 0.717) is 32.8 Å².